The summed E-state index contributed by atoms with van der Waals surface area (Å²) < 4.78 is 89.8. The third-order valence-electron chi connectivity index (χ3n) is 10.7. The van der Waals surface area contributed by atoms with Crippen LogP contribution >= 0.6 is 0 Å². The predicted molar refractivity (Wildman–Crippen MR) is 206 cm³/mol. The molecule has 9 heteroatoms. The number of hydrogen-bond acceptors (Lipinski definition) is 5. The van der Waals surface area contributed by atoms with Crippen molar-refractivity contribution in [3.63, 3.8) is 0 Å². The second-order valence-corrected chi connectivity index (χ2v) is 14.9. The van der Waals surface area contributed by atoms with Gasteiger partial charge in [0.25, 0.3) is 0 Å². The highest BCUT2D eigenvalue weighted by Gasteiger charge is 2.25. The first-order valence-corrected chi connectivity index (χ1v) is 20.0. The van der Waals surface area contributed by atoms with Crippen LogP contribution in [-0.4, -0.2) is 39.6 Å². The molecule has 0 saturated carbocycles. The van der Waals surface area contributed by atoms with Crippen LogP contribution in [0.3, 0.4) is 0 Å². The molecule has 0 amide bonds. The molecule has 296 valence electrons. The zero-order valence-electron chi connectivity index (χ0n) is 32.1. The van der Waals surface area contributed by atoms with Crippen LogP contribution < -0.4 is 0 Å². The van der Waals surface area contributed by atoms with Crippen LogP contribution in [-0.2, 0) is 36.5 Å². The summed E-state index contributed by atoms with van der Waals surface area (Å²) in [5.74, 6) is -1.91. The summed E-state index contributed by atoms with van der Waals surface area (Å²) in [6, 6.07) is 19.9. The summed E-state index contributed by atoms with van der Waals surface area (Å²) in [6.45, 7) is 6.97. The lowest BCUT2D eigenvalue weighted by Crippen LogP contribution is -2.27. The van der Waals surface area contributed by atoms with Crippen molar-refractivity contribution in [1.29, 1.82) is 0 Å². The minimum absolute atomic E-state index is 0.00958. The van der Waals surface area contributed by atoms with Crippen LogP contribution in [0.15, 0.2) is 72.8 Å². The van der Waals surface area contributed by atoms with E-state index >= 15 is 17.6 Å². The van der Waals surface area contributed by atoms with E-state index < -0.39 is 35.8 Å². The second-order valence-electron chi connectivity index (χ2n) is 14.9. The first-order valence-electron chi connectivity index (χ1n) is 20.0. The zero-order valence-corrected chi connectivity index (χ0v) is 32.1. The highest BCUT2D eigenvalue weighted by atomic mass is 19.1. The molecule has 2 aliphatic rings. The van der Waals surface area contributed by atoms with Gasteiger partial charge in [0.2, 0.25) is 0 Å². The summed E-state index contributed by atoms with van der Waals surface area (Å²) in [5.41, 5.74) is 3.68. The Morgan fingerprint density at radius 1 is 0.491 bits per heavy atom. The highest BCUT2D eigenvalue weighted by Crippen LogP contribution is 2.32. The van der Waals surface area contributed by atoms with E-state index in [4.69, 9.17) is 23.7 Å². The molecule has 5 nitrogen and oxygen atoms in total. The number of benzene rings is 4. The molecule has 0 unspecified atom stereocenters. The van der Waals surface area contributed by atoms with Crippen LogP contribution in [0.4, 0.5) is 17.6 Å². The lowest BCUT2D eigenvalue weighted by Gasteiger charge is -2.29. The fourth-order valence-corrected chi connectivity index (χ4v) is 7.30. The largest absolute Gasteiger partial charge is 0.381 e. The molecule has 2 aliphatic heterocycles. The quantitative estimate of drug-likeness (QED) is 0.0746. The van der Waals surface area contributed by atoms with Crippen molar-refractivity contribution in [3.8, 4) is 22.3 Å². The summed E-state index contributed by atoms with van der Waals surface area (Å²) in [6.07, 6.45) is 8.38. The molecule has 0 N–H and O–H groups in total. The van der Waals surface area contributed by atoms with E-state index in [-0.39, 0.29) is 37.2 Å². The van der Waals surface area contributed by atoms with Gasteiger partial charge in [-0.2, -0.15) is 0 Å². The number of unbranched alkanes of at least 4 members (excludes halogenated alkanes) is 4. The van der Waals surface area contributed by atoms with Gasteiger partial charge < -0.3 is 23.7 Å². The lowest BCUT2D eigenvalue weighted by atomic mass is 9.99. The van der Waals surface area contributed by atoms with Crippen molar-refractivity contribution in [2.24, 2.45) is 11.8 Å². The molecular formula is C46H54F4O5. The standard InChI is InChI=1S/C46H54F4O5/c1-3-5-7-9-31-27-52-45(53-28-31)35-15-11-33(12-16-35)37-23-41(47)39(42(48)24-37)19-21-51-22-20-40-43(49)25-38(26-44(40)50)34-13-17-36(18-14-34)46-54-29-32(30-55-46)10-8-6-4-2/h11-18,23-26,31-32,45-46H,3-10,19-22,27-30H2,1-2H3. The van der Waals surface area contributed by atoms with Gasteiger partial charge in [0.05, 0.1) is 39.6 Å². The van der Waals surface area contributed by atoms with E-state index in [0.717, 1.165) is 24.0 Å². The number of rotatable bonds is 18. The van der Waals surface area contributed by atoms with E-state index in [1.165, 1.54) is 62.8 Å². The van der Waals surface area contributed by atoms with E-state index in [2.05, 4.69) is 13.8 Å². The van der Waals surface area contributed by atoms with Gasteiger partial charge in [-0.1, -0.05) is 101 Å². The first kappa shape index (κ1) is 41.0. The van der Waals surface area contributed by atoms with Gasteiger partial charge in [-0.05, 0) is 59.4 Å². The van der Waals surface area contributed by atoms with Crippen molar-refractivity contribution in [2.75, 3.05) is 39.6 Å². The third-order valence-corrected chi connectivity index (χ3v) is 10.7. The van der Waals surface area contributed by atoms with Gasteiger partial charge in [0.1, 0.15) is 23.3 Å². The van der Waals surface area contributed by atoms with Crippen molar-refractivity contribution in [1.82, 2.24) is 0 Å². The average Bonchev–Trinajstić information content (AvgIpc) is 3.20. The highest BCUT2D eigenvalue weighted by molar-refractivity contribution is 5.65. The molecule has 0 radical (unpaired) electrons. The third kappa shape index (κ3) is 11.3. The normalized spacial score (nSPS) is 20.2. The van der Waals surface area contributed by atoms with Gasteiger partial charge in [-0.15, -0.1) is 0 Å². The van der Waals surface area contributed by atoms with Gasteiger partial charge in [0, 0.05) is 46.9 Å². The number of hydrogen-bond donors (Lipinski definition) is 0. The van der Waals surface area contributed by atoms with Gasteiger partial charge in [-0.25, -0.2) is 17.6 Å². The molecule has 4 aromatic rings. The fraction of sp³-hybridized carbons (Fsp3) is 0.478. The van der Waals surface area contributed by atoms with Gasteiger partial charge in [-0.3, -0.25) is 0 Å². The minimum atomic E-state index is -0.679. The molecule has 2 saturated heterocycles. The molecular weight excluding hydrogens is 708 g/mol. The topological polar surface area (TPSA) is 46.2 Å². The Balaban J connectivity index is 0.950. The predicted octanol–water partition coefficient (Wildman–Crippen LogP) is 11.9. The van der Waals surface area contributed by atoms with Crippen LogP contribution in [0, 0.1) is 35.1 Å². The van der Waals surface area contributed by atoms with E-state index in [1.54, 1.807) is 24.3 Å². The summed E-state index contributed by atoms with van der Waals surface area (Å²) in [5, 5.41) is 0. The maximum atomic E-state index is 15.1. The van der Waals surface area contributed by atoms with E-state index in [1.807, 2.05) is 24.3 Å². The summed E-state index contributed by atoms with van der Waals surface area (Å²) in [7, 11) is 0. The smallest absolute Gasteiger partial charge is 0.183 e. The Labute approximate surface area is 323 Å². The summed E-state index contributed by atoms with van der Waals surface area (Å²) in [4.78, 5) is 0. The van der Waals surface area contributed by atoms with Crippen LogP contribution in [0.5, 0.6) is 0 Å². The molecule has 2 heterocycles. The van der Waals surface area contributed by atoms with Crippen molar-refractivity contribution in [3.05, 3.63) is 118 Å². The van der Waals surface area contributed by atoms with Crippen LogP contribution in [0.2, 0.25) is 0 Å². The molecule has 0 aromatic heterocycles. The second kappa shape index (κ2) is 20.5. The molecule has 0 spiro atoms. The summed E-state index contributed by atoms with van der Waals surface area (Å²) >= 11 is 0. The fourth-order valence-electron chi connectivity index (χ4n) is 7.30. The monoisotopic (exact) mass is 762 g/mol. The zero-order chi connectivity index (χ0) is 38.6. The molecule has 2 fully saturated rings. The Morgan fingerprint density at radius 3 is 1.16 bits per heavy atom. The Bertz CT molecular complexity index is 1600. The molecule has 6 rings (SSSR count). The van der Waals surface area contributed by atoms with E-state index in [9.17, 15) is 0 Å². The van der Waals surface area contributed by atoms with E-state index in [0.29, 0.717) is 60.5 Å². The minimum Gasteiger partial charge on any atom is -0.381 e. The van der Waals surface area contributed by atoms with Gasteiger partial charge >= 0.3 is 0 Å². The molecule has 0 aliphatic carbocycles. The Kier molecular flexibility index (Phi) is 15.3. The number of ether oxygens (including phenoxy) is 5. The average molecular weight is 763 g/mol. The maximum absolute atomic E-state index is 15.1. The number of halogens is 4. The SMILES string of the molecule is CCCCCC1COC(c2ccc(-c3cc(F)c(CCOCCc4c(F)cc(-c5ccc(C6OCC(CCCCC)CO6)cc5)cc4F)c(F)c3)cc2)OC1. The molecule has 4 aromatic carbocycles. The molecule has 55 heavy (non-hydrogen) atoms. The molecule has 0 atom stereocenters. The van der Waals surface area contributed by atoms with Crippen molar-refractivity contribution < 1.29 is 41.2 Å². The van der Waals surface area contributed by atoms with Crippen molar-refractivity contribution in [2.45, 2.75) is 90.6 Å². The molecule has 0 bridgehead atoms. The van der Waals surface area contributed by atoms with Crippen LogP contribution in [0.25, 0.3) is 22.3 Å². The Morgan fingerprint density at radius 2 is 0.836 bits per heavy atom. The van der Waals surface area contributed by atoms with Crippen LogP contribution in [0.1, 0.15) is 100 Å². The first-order chi connectivity index (χ1) is 26.8. The van der Waals surface area contributed by atoms with Crippen molar-refractivity contribution >= 4 is 0 Å². The van der Waals surface area contributed by atoms with Gasteiger partial charge in [0.15, 0.2) is 12.6 Å². The maximum Gasteiger partial charge on any atom is 0.183 e. The Hall–Kier alpha value is -3.60. The lowest BCUT2D eigenvalue weighted by molar-refractivity contribution is -0.206.